The monoisotopic (exact) mass is 648 g/mol. The molecule has 4 rings (SSSR count). The smallest absolute Gasteiger partial charge is 0.325 e. The Morgan fingerprint density at radius 3 is 2.55 bits per heavy atom. The summed E-state index contributed by atoms with van der Waals surface area (Å²) < 4.78 is 11.6. The molecule has 0 saturated carbocycles. The highest BCUT2D eigenvalue weighted by Crippen LogP contribution is 2.19. The molecule has 254 valence electrons. The van der Waals surface area contributed by atoms with Crippen LogP contribution in [0.4, 0.5) is 0 Å². The minimum atomic E-state index is -1.05. The number of nitrogens with zero attached hydrogens (tertiary/aromatic N) is 1. The zero-order valence-corrected chi connectivity index (χ0v) is 27.7. The molecule has 4 N–H and O–H groups in total. The Balaban J connectivity index is 1.65. The van der Waals surface area contributed by atoms with Crippen LogP contribution in [-0.4, -0.2) is 71.2 Å². The summed E-state index contributed by atoms with van der Waals surface area (Å²) in [5.74, 6) is -2.53. The third-order valence-corrected chi connectivity index (χ3v) is 8.56. The van der Waals surface area contributed by atoms with E-state index in [1.165, 1.54) is 17.1 Å². The van der Waals surface area contributed by atoms with Gasteiger partial charge < -0.3 is 25.2 Å². The Kier molecular flexibility index (Phi) is 12.9. The fourth-order valence-electron chi connectivity index (χ4n) is 5.89. The van der Waals surface area contributed by atoms with Gasteiger partial charge in [-0.1, -0.05) is 63.3 Å². The lowest BCUT2D eigenvalue weighted by Crippen LogP contribution is -2.62. The minimum absolute atomic E-state index is 0.0322. The molecule has 0 aromatic heterocycles. The molecule has 0 spiro atoms. The first-order valence-electron chi connectivity index (χ1n) is 16.6. The van der Waals surface area contributed by atoms with Crippen LogP contribution in [0.25, 0.3) is 6.08 Å². The first-order valence-corrected chi connectivity index (χ1v) is 16.6. The average molecular weight is 649 g/mol. The normalized spacial score (nSPS) is 26.0. The molecule has 0 radical (unpaired) electrons. The molecule has 2 aromatic carbocycles. The highest BCUT2D eigenvalue weighted by molar-refractivity contribution is 5.93. The second-order valence-electron chi connectivity index (χ2n) is 12.6. The summed E-state index contributed by atoms with van der Waals surface area (Å²) in [5.41, 5.74) is 5.43. The zero-order valence-electron chi connectivity index (χ0n) is 27.7. The summed E-state index contributed by atoms with van der Waals surface area (Å²) in [6.45, 7) is 8.17. The van der Waals surface area contributed by atoms with E-state index in [9.17, 15) is 24.3 Å². The summed E-state index contributed by atoms with van der Waals surface area (Å²) in [4.78, 5) is 54.4. The van der Waals surface area contributed by atoms with Crippen molar-refractivity contribution < 1.29 is 33.8 Å². The summed E-state index contributed by atoms with van der Waals surface area (Å²) in [6.07, 6.45) is 6.02. The van der Waals surface area contributed by atoms with Crippen LogP contribution < -0.4 is 16.1 Å². The number of carbonyl (C=O) groups excluding carboxylic acids is 4. The van der Waals surface area contributed by atoms with Crippen molar-refractivity contribution in [1.82, 2.24) is 21.1 Å². The Hall–Kier alpha value is -4.22. The molecule has 3 unspecified atom stereocenters. The SMILES string of the molecule is CCOC1CC/C=C/c2cccc(c2)COC(=O)[C@@H]2CCCN(N2)C(=O)C(Cc2cccc(O)c2)NC(=O)[C@H](C(C)C)NC(=O)C1C. The molecule has 1 fully saturated rings. The van der Waals surface area contributed by atoms with Crippen LogP contribution in [0.5, 0.6) is 5.75 Å². The van der Waals surface area contributed by atoms with Crippen LogP contribution in [0.3, 0.4) is 0 Å². The van der Waals surface area contributed by atoms with E-state index in [0.29, 0.717) is 44.4 Å². The molecular formula is C36H48N4O7. The Bertz CT molecular complexity index is 1430. The molecule has 0 aliphatic carbocycles. The van der Waals surface area contributed by atoms with Gasteiger partial charge in [0.15, 0.2) is 0 Å². The summed E-state index contributed by atoms with van der Waals surface area (Å²) in [6, 6.07) is 11.5. The highest BCUT2D eigenvalue weighted by atomic mass is 16.5. The number of hydrazine groups is 1. The number of allylic oxidation sites excluding steroid dienone is 1. The number of ether oxygens (including phenoxy) is 2. The first kappa shape index (κ1) is 35.6. The van der Waals surface area contributed by atoms with Gasteiger partial charge in [-0.05, 0) is 73.4 Å². The third-order valence-electron chi connectivity index (χ3n) is 8.56. The number of esters is 1. The van der Waals surface area contributed by atoms with Gasteiger partial charge in [-0.2, -0.15) is 0 Å². The lowest BCUT2D eigenvalue weighted by atomic mass is 9.96. The van der Waals surface area contributed by atoms with Crippen LogP contribution in [0, 0.1) is 11.8 Å². The van der Waals surface area contributed by atoms with Crippen molar-refractivity contribution in [2.75, 3.05) is 13.2 Å². The van der Waals surface area contributed by atoms with Crippen molar-refractivity contribution in [3.05, 3.63) is 71.3 Å². The molecule has 11 nitrogen and oxygen atoms in total. The molecule has 2 heterocycles. The van der Waals surface area contributed by atoms with Gasteiger partial charge in [0, 0.05) is 19.6 Å². The van der Waals surface area contributed by atoms with Crippen LogP contribution in [-0.2, 0) is 41.7 Å². The molecule has 11 heteroatoms. The number of rotatable bonds is 5. The molecule has 2 aromatic rings. The van der Waals surface area contributed by atoms with Crippen LogP contribution in [0.2, 0.25) is 0 Å². The maximum atomic E-state index is 14.0. The van der Waals surface area contributed by atoms with E-state index in [4.69, 9.17) is 9.47 Å². The number of fused-ring (bicyclic) bond motifs is 4. The number of cyclic esters (lactones) is 1. The molecular weight excluding hydrogens is 600 g/mol. The number of nitrogens with one attached hydrogen (secondary N) is 3. The predicted molar refractivity (Wildman–Crippen MR) is 177 cm³/mol. The van der Waals surface area contributed by atoms with E-state index in [1.54, 1.807) is 19.1 Å². The van der Waals surface area contributed by atoms with Crippen molar-refractivity contribution in [2.45, 2.75) is 90.6 Å². The van der Waals surface area contributed by atoms with E-state index < -0.39 is 41.8 Å². The lowest BCUT2D eigenvalue weighted by molar-refractivity contribution is -0.154. The maximum Gasteiger partial charge on any atom is 0.325 e. The number of phenolic OH excluding ortho intramolecular Hbond substituents is 1. The van der Waals surface area contributed by atoms with Gasteiger partial charge in [0.2, 0.25) is 11.8 Å². The molecule has 1 saturated heterocycles. The van der Waals surface area contributed by atoms with Crippen LogP contribution in [0.1, 0.15) is 70.1 Å². The number of benzene rings is 2. The minimum Gasteiger partial charge on any atom is -0.508 e. The quantitative estimate of drug-likeness (QED) is 0.360. The van der Waals surface area contributed by atoms with Gasteiger partial charge in [0.05, 0.1) is 12.0 Å². The van der Waals surface area contributed by atoms with E-state index in [2.05, 4.69) is 16.1 Å². The van der Waals surface area contributed by atoms with E-state index in [0.717, 1.165) is 11.1 Å². The largest absolute Gasteiger partial charge is 0.508 e. The molecule has 2 aliphatic heterocycles. The molecule has 3 amide bonds. The molecule has 4 bridgehead atoms. The predicted octanol–water partition coefficient (Wildman–Crippen LogP) is 3.65. The number of hydrogen-bond acceptors (Lipinski definition) is 8. The number of phenols is 1. The second-order valence-corrected chi connectivity index (χ2v) is 12.6. The van der Waals surface area contributed by atoms with Crippen molar-refractivity contribution in [1.29, 1.82) is 0 Å². The van der Waals surface area contributed by atoms with Crippen molar-refractivity contribution in [3.63, 3.8) is 0 Å². The average Bonchev–Trinajstić information content (AvgIpc) is 3.06. The maximum absolute atomic E-state index is 14.0. The molecule has 47 heavy (non-hydrogen) atoms. The number of carbonyl (C=O) groups is 4. The van der Waals surface area contributed by atoms with Crippen molar-refractivity contribution in [3.8, 4) is 5.75 Å². The molecule has 5 atom stereocenters. The Morgan fingerprint density at radius 2 is 1.81 bits per heavy atom. The standard InChI is InChI=1S/C36H48N4O7/c1-5-46-31-17-7-6-11-25-12-8-14-27(19-25)22-47-36(45)29-16-10-18-40(39-29)35(44)30(21-26-13-9-15-28(41)20-26)37-34(43)32(23(2)3)38-33(42)24(31)4/h6,8-9,11-15,19-20,23-24,29-32,39,41H,5,7,10,16-18,21-22H2,1-4H3,(H,37,43)(H,38,42)/b11-6+/t24?,29-,30?,31?,32-/m0/s1. The summed E-state index contributed by atoms with van der Waals surface area (Å²) >= 11 is 0. The topological polar surface area (TPSA) is 146 Å². The van der Waals surface area contributed by atoms with Gasteiger partial charge in [-0.3, -0.25) is 24.2 Å². The van der Waals surface area contributed by atoms with Gasteiger partial charge in [0.25, 0.3) is 5.91 Å². The fourth-order valence-corrected chi connectivity index (χ4v) is 5.89. The van der Waals surface area contributed by atoms with Crippen molar-refractivity contribution in [2.24, 2.45) is 11.8 Å². The van der Waals surface area contributed by atoms with Crippen molar-refractivity contribution >= 4 is 29.8 Å². The molecule has 2 aliphatic rings. The first-order chi connectivity index (χ1) is 22.5. The Labute approximate surface area is 277 Å². The van der Waals surface area contributed by atoms with Gasteiger partial charge in [-0.15, -0.1) is 0 Å². The lowest BCUT2D eigenvalue weighted by Gasteiger charge is -2.35. The third kappa shape index (κ3) is 10.1. The van der Waals surface area contributed by atoms with E-state index in [-0.39, 0.29) is 36.7 Å². The van der Waals surface area contributed by atoms with Gasteiger partial charge in [-0.25, -0.2) is 5.43 Å². The van der Waals surface area contributed by atoms with Gasteiger partial charge in [0.1, 0.15) is 30.5 Å². The number of amides is 3. The Morgan fingerprint density at radius 1 is 1.02 bits per heavy atom. The summed E-state index contributed by atoms with van der Waals surface area (Å²) in [7, 11) is 0. The number of aromatic hydroxyl groups is 1. The van der Waals surface area contributed by atoms with E-state index in [1.807, 2.05) is 57.2 Å². The fraction of sp³-hybridized carbons (Fsp3) is 0.500. The number of hydrogen-bond donors (Lipinski definition) is 4. The zero-order chi connectivity index (χ0) is 33.9. The van der Waals surface area contributed by atoms with Crippen LogP contribution >= 0.6 is 0 Å². The van der Waals surface area contributed by atoms with Gasteiger partial charge >= 0.3 is 5.97 Å². The van der Waals surface area contributed by atoms with Crippen LogP contribution in [0.15, 0.2) is 54.6 Å². The second kappa shape index (κ2) is 17.1. The summed E-state index contributed by atoms with van der Waals surface area (Å²) in [5, 5.41) is 17.2. The van der Waals surface area contributed by atoms with E-state index >= 15 is 0 Å². The highest BCUT2D eigenvalue weighted by Gasteiger charge is 2.36.